The van der Waals surface area contributed by atoms with Gasteiger partial charge in [-0.1, -0.05) is 30.3 Å². The van der Waals surface area contributed by atoms with E-state index >= 15 is 0 Å². The first kappa shape index (κ1) is 20.5. The fourth-order valence-electron chi connectivity index (χ4n) is 2.78. The number of ketones is 1. The Balaban J connectivity index is 1.76. The number of para-hydroxylation sites is 1. The molecule has 0 saturated heterocycles. The molecule has 5 nitrogen and oxygen atoms in total. The van der Waals surface area contributed by atoms with E-state index in [1.807, 2.05) is 18.2 Å². The Labute approximate surface area is 161 Å². The van der Waals surface area contributed by atoms with Crippen LogP contribution in [0.1, 0.15) is 37.6 Å². The van der Waals surface area contributed by atoms with Crippen LogP contribution in [-0.4, -0.2) is 37.4 Å². The normalized spacial score (nSPS) is 11.5. The molecule has 0 bridgehead atoms. The summed E-state index contributed by atoms with van der Waals surface area (Å²) in [5.74, 6) is 0.328. The van der Waals surface area contributed by atoms with Crippen molar-refractivity contribution in [2.75, 3.05) is 24.5 Å². The highest BCUT2D eigenvalue weighted by atomic mass is 16.5. The minimum absolute atomic E-state index is 0.0311. The monoisotopic (exact) mass is 368 g/mol. The first-order chi connectivity index (χ1) is 13.0. The van der Waals surface area contributed by atoms with E-state index in [9.17, 15) is 9.59 Å². The number of Topliss-reactive ketones (excluding diaryl/α,β-unsaturated/α-hetero) is 1. The van der Waals surface area contributed by atoms with Gasteiger partial charge in [0.2, 0.25) is 0 Å². The third-order valence-electron chi connectivity index (χ3n) is 4.33. The van der Waals surface area contributed by atoms with E-state index in [1.165, 1.54) is 12.6 Å². The van der Waals surface area contributed by atoms with Crippen LogP contribution in [0.5, 0.6) is 5.75 Å². The Morgan fingerprint density at radius 1 is 1.11 bits per heavy atom. The van der Waals surface area contributed by atoms with E-state index in [4.69, 9.17) is 4.74 Å². The van der Waals surface area contributed by atoms with Gasteiger partial charge in [-0.3, -0.25) is 9.59 Å². The van der Waals surface area contributed by atoms with Crippen molar-refractivity contribution in [1.29, 1.82) is 0 Å². The van der Waals surface area contributed by atoms with E-state index in [0.717, 1.165) is 19.5 Å². The highest BCUT2D eigenvalue weighted by molar-refractivity contribution is 5.94. The van der Waals surface area contributed by atoms with Crippen LogP contribution in [-0.2, 0) is 4.79 Å². The summed E-state index contributed by atoms with van der Waals surface area (Å²) in [6.07, 6.45) is 0.227. The third kappa shape index (κ3) is 6.44. The van der Waals surface area contributed by atoms with Crippen molar-refractivity contribution in [1.82, 2.24) is 5.32 Å². The number of ether oxygens (including phenoxy) is 1. The predicted octanol–water partition coefficient (Wildman–Crippen LogP) is 3.69. The summed E-state index contributed by atoms with van der Waals surface area (Å²) in [5, 5.41) is 2.91. The standard InChI is InChI=1S/C22H28N2O3/c1-4-24(20-11-6-5-7-12-20)15-9-14-23-22(26)18(3)27-21-13-8-10-19(16-21)17(2)25/h5-8,10-13,16,18H,4,9,14-15H2,1-3H3,(H,23,26). The zero-order valence-electron chi connectivity index (χ0n) is 16.3. The molecule has 0 spiro atoms. The van der Waals surface area contributed by atoms with E-state index < -0.39 is 6.10 Å². The molecular weight excluding hydrogens is 340 g/mol. The lowest BCUT2D eigenvalue weighted by Crippen LogP contribution is -2.38. The number of anilines is 1. The molecule has 1 unspecified atom stereocenters. The molecule has 0 aliphatic carbocycles. The molecule has 2 aromatic carbocycles. The molecule has 0 radical (unpaired) electrons. The maximum atomic E-state index is 12.2. The van der Waals surface area contributed by atoms with E-state index in [-0.39, 0.29) is 11.7 Å². The summed E-state index contributed by atoms with van der Waals surface area (Å²) >= 11 is 0. The van der Waals surface area contributed by atoms with Crippen LogP contribution in [0.25, 0.3) is 0 Å². The Morgan fingerprint density at radius 2 is 1.85 bits per heavy atom. The highest BCUT2D eigenvalue weighted by Crippen LogP contribution is 2.16. The van der Waals surface area contributed by atoms with E-state index in [2.05, 4.69) is 29.3 Å². The summed E-state index contributed by atoms with van der Waals surface area (Å²) in [4.78, 5) is 25.9. The lowest BCUT2D eigenvalue weighted by atomic mass is 10.1. The third-order valence-corrected chi connectivity index (χ3v) is 4.33. The quantitative estimate of drug-likeness (QED) is 0.513. The van der Waals surface area contributed by atoms with Crippen LogP contribution in [0.4, 0.5) is 5.69 Å². The Morgan fingerprint density at radius 3 is 2.52 bits per heavy atom. The second-order valence-corrected chi connectivity index (χ2v) is 6.40. The zero-order chi connectivity index (χ0) is 19.6. The smallest absolute Gasteiger partial charge is 0.260 e. The first-order valence-corrected chi connectivity index (χ1v) is 9.36. The second-order valence-electron chi connectivity index (χ2n) is 6.40. The molecule has 0 aliphatic rings. The number of rotatable bonds is 10. The molecule has 5 heteroatoms. The van der Waals surface area contributed by atoms with E-state index in [0.29, 0.717) is 17.9 Å². The molecular formula is C22H28N2O3. The predicted molar refractivity (Wildman–Crippen MR) is 108 cm³/mol. The Kier molecular flexibility index (Phi) is 7.86. The molecule has 27 heavy (non-hydrogen) atoms. The SMILES string of the molecule is CCN(CCCNC(=O)C(C)Oc1cccc(C(C)=O)c1)c1ccccc1. The molecule has 0 aromatic heterocycles. The van der Waals surface area contributed by atoms with Gasteiger partial charge in [-0.25, -0.2) is 0 Å². The topological polar surface area (TPSA) is 58.6 Å². The lowest BCUT2D eigenvalue weighted by Gasteiger charge is -2.23. The van der Waals surface area contributed by atoms with Gasteiger partial charge in [0.1, 0.15) is 5.75 Å². The van der Waals surface area contributed by atoms with Crippen molar-refractivity contribution in [2.24, 2.45) is 0 Å². The second kappa shape index (κ2) is 10.4. The average molecular weight is 368 g/mol. The van der Waals surface area contributed by atoms with Crippen molar-refractivity contribution < 1.29 is 14.3 Å². The maximum absolute atomic E-state index is 12.2. The molecule has 0 aliphatic heterocycles. The molecule has 0 fully saturated rings. The van der Waals surface area contributed by atoms with Gasteiger partial charge in [0, 0.05) is 30.9 Å². The molecule has 1 N–H and O–H groups in total. The van der Waals surface area contributed by atoms with Gasteiger partial charge >= 0.3 is 0 Å². The number of hydrogen-bond donors (Lipinski definition) is 1. The van der Waals surface area contributed by atoms with Gasteiger partial charge < -0.3 is 15.0 Å². The van der Waals surface area contributed by atoms with Gasteiger partial charge in [0.25, 0.3) is 5.91 Å². The number of carbonyl (C=O) groups excluding carboxylic acids is 2. The molecule has 1 atom stereocenters. The van der Waals surface area contributed by atoms with Crippen molar-refractivity contribution in [2.45, 2.75) is 33.3 Å². The largest absolute Gasteiger partial charge is 0.481 e. The van der Waals surface area contributed by atoms with Gasteiger partial charge in [0.05, 0.1) is 0 Å². The fraction of sp³-hybridized carbons (Fsp3) is 0.364. The first-order valence-electron chi connectivity index (χ1n) is 9.36. The van der Waals surface area contributed by atoms with Gasteiger partial charge in [-0.15, -0.1) is 0 Å². The Bertz CT molecular complexity index is 746. The average Bonchev–Trinajstić information content (AvgIpc) is 2.68. The number of benzene rings is 2. The fourth-order valence-corrected chi connectivity index (χ4v) is 2.78. The minimum Gasteiger partial charge on any atom is -0.481 e. The van der Waals surface area contributed by atoms with Crippen LogP contribution < -0.4 is 15.0 Å². The lowest BCUT2D eigenvalue weighted by molar-refractivity contribution is -0.127. The zero-order valence-corrected chi connectivity index (χ0v) is 16.3. The van der Waals surface area contributed by atoms with Crippen molar-refractivity contribution in [3.63, 3.8) is 0 Å². The molecule has 144 valence electrons. The Hall–Kier alpha value is -2.82. The van der Waals surface area contributed by atoms with Crippen LogP contribution in [0, 0.1) is 0 Å². The van der Waals surface area contributed by atoms with Gasteiger partial charge in [-0.05, 0) is 51.5 Å². The molecule has 0 heterocycles. The number of nitrogens with one attached hydrogen (secondary N) is 1. The number of nitrogens with zero attached hydrogens (tertiary/aromatic N) is 1. The molecule has 2 rings (SSSR count). The van der Waals surface area contributed by atoms with Crippen LogP contribution in [0.3, 0.4) is 0 Å². The van der Waals surface area contributed by atoms with Crippen LogP contribution >= 0.6 is 0 Å². The summed E-state index contributed by atoms with van der Waals surface area (Å²) in [7, 11) is 0. The summed E-state index contributed by atoms with van der Waals surface area (Å²) in [6, 6.07) is 17.1. The highest BCUT2D eigenvalue weighted by Gasteiger charge is 2.15. The molecule has 1 amide bonds. The van der Waals surface area contributed by atoms with Crippen LogP contribution in [0.15, 0.2) is 54.6 Å². The number of carbonyl (C=O) groups is 2. The number of hydrogen-bond acceptors (Lipinski definition) is 4. The summed E-state index contributed by atoms with van der Waals surface area (Å²) in [6.45, 7) is 7.71. The van der Waals surface area contributed by atoms with Crippen LogP contribution in [0.2, 0.25) is 0 Å². The number of amides is 1. The maximum Gasteiger partial charge on any atom is 0.260 e. The van der Waals surface area contributed by atoms with Gasteiger partial charge in [-0.2, -0.15) is 0 Å². The van der Waals surface area contributed by atoms with E-state index in [1.54, 1.807) is 31.2 Å². The van der Waals surface area contributed by atoms with Crippen molar-refractivity contribution in [3.05, 3.63) is 60.2 Å². The molecule has 0 saturated carbocycles. The molecule has 2 aromatic rings. The van der Waals surface area contributed by atoms with Crippen molar-refractivity contribution in [3.8, 4) is 5.75 Å². The van der Waals surface area contributed by atoms with Crippen molar-refractivity contribution >= 4 is 17.4 Å². The minimum atomic E-state index is -0.622. The summed E-state index contributed by atoms with van der Waals surface area (Å²) in [5.41, 5.74) is 1.76. The van der Waals surface area contributed by atoms with Gasteiger partial charge in [0.15, 0.2) is 11.9 Å². The summed E-state index contributed by atoms with van der Waals surface area (Å²) < 4.78 is 5.66.